The first-order valence-corrected chi connectivity index (χ1v) is 11.9. The highest BCUT2D eigenvalue weighted by atomic mass is 32.2. The van der Waals surface area contributed by atoms with Gasteiger partial charge in [0.2, 0.25) is 10.0 Å². The van der Waals surface area contributed by atoms with Gasteiger partial charge in [-0.15, -0.1) is 0 Å². The zero-order valence-electron chi connectivity index (χ0n) is 17.3. The minimum Gasteiger partial charge on any atom is -0.301 e. The molecule has 0 aliphatic carbocycles. The minimum atomic E-state index is -3.51. The summed E-state index contributed by atoms with van der Waals surface area (Å²) in [5, 5.41) is 0. The summed E-state index contributed by atoms with van der Waals surface area (Å²) in [4.78, 5) is 14.0. The van der Waals surface area contributed by atoms with Crippen LogP contribution in [0.2, 0.25) is 0 Å². The van der Waals surface area contributed by atoms with Gasteiger partial charge in [0.25, 0.3) is 5.91 Å². The molecule has 2 aromatic rings. The second kappa shape index (κ2) is 10.1. The second-order valence-corrected chi connectivity index (χ2v) is 9.72. The normalized spacial score (nSPS) is 17.1. The smallest absolute Gasteiger partial charge is 0.265 e. The Morgan fingerprint density at radius 3 is 2.47 bits per heavy atom. The number of nitrogens with one attached hydrogen (secondary N) is 1. The number of amides is 1. The number of anilines is 1. The second-order valence-electron chi connectivity index (χ2n) is 7.71. The van der Waals surface area contributed by atoms with Crippen LogP contribution in [0.4, 0.5) is 5.69 Å². The van der Waals surface area contributed by atoms with E-state index >= 15 is 0 Å². The quantitative estimate of drug-likeness (QED) is 0.362. The van der Waals surface area contributed by atoms with E-state index in [1.165, 1.54) is 17.1 Å². The molecule has 3 rings (SSSR count). The van der Waals surface area contributed by atoms with E-state index < -0.39 is 10.0 Å². The van der Waals surface area contributed by atoms with E-state index in [9.17, 15) is 13.2 Å². The number of hydrogen-bond donors (Lipinski definition) is 2. The monoisotopic (exact) mass is 430 g/mol. The highest BCUT2D eigenvalue weighted by Gasteiger charge is 2.25. The van der Waals surface area contributed by atoms with Crippen molar-refractivity contribution >= 4 is 21.6 Å². The van der Waals surface area contributed by atoms with Crippen molar-refractivity contribution < 1.29 is 13.2 Å². The molecular weight excluding hydrogens is 400 g/mol. The van der Waals surface area contributed by atoms with Crippen molar-refractivity contribution in [3.8, 4) is 0 Å². The van der Waals surface area contributed by atoms with E-state index in [4.69, 9.17) is 5.84 Å². The SMILES string of the molecule is CC1CCCN1CCCS(=O)(=O)N(Cc1ccc(C(=O)NN)cc1)c1ccccc1. The standard InChI is InChI=1S/C22H30N4O3S/c1-18-7-5-14-25(18)15-6-16-30(28,29)26(21-8-3-2-4-9-21)17-19-10-12-20(13-11-19)22(27)24-23/h2-4,8-13,18H,5-7,14-17,23H2,1H3,(H,24,27). The third-order valence-electron chi connectivity index (χ3n) is 5.59. The molecule has 0 spiro atoms. The number of carbonyl (C=O) groups is 1. The highest BCUT2D eigenvalue weighted by molar-refractivity contribution is 7.92. The Balaban J connectivity index is 1.74. The van der Waals surface area contributed by atoms with Crippen LogP contribution in [0.15, 0.2) is 54.6 Å². The van der Waals surface area contributed by atoms with Crippen LogP contribution in [0.3, 0.4) is 0 Å². The van der Waals surface area contributed by atoms with Crippen LogP contribution in [0.1, 0.15) is 42.1 Å². The summed E-state index contributed by atoms with van der Waals surface area (Å²) >= 11 is 0. The van der Waals surface area contributed by atoms with E-state index in [-0.39, 0.29) is 18.2 Å². The zero-order valence-corrected chi connectivity index (χ0v) is 18.1. The Hall–Kier alpha value is -2.42. The van der Waals surface area contributed by atoms with Gasteiger partial charge in [0, 0.05) is 11.6 Å². The van der Waals surface area contributed by atoms with Gasteiger partial charge in [0.05, 0.1) is 18.0 Å². The Labute approximate surface area is 178 Å². The lowest BCUT2D eigenvalue weighted by atomic mass is 10.1. The van der Waals surface area contributed by atoms with Crippen molar-refractivity contribution in [1.82, 2.24) is 10.3 Å². The number of benzene rings is 2. The summed E-state index contributed by atoms with van der Waals surface area (Å²) in [6, 6.07) is 16.4. The van der Waals surface area contributed by atoms with E-state index in [1.807, 2.05) is 18.2 Å². The molecule has 1 unspecified atom stereocenters. The molecule has 3 N–H and O–H groups in total. The number of rotatable bonds is 9. The van der Waals surface area contributed by atoms with Gasteiger partial charge in [-0.1, -0.05) is 30.3 Å². The average Bonchev–Trinajstić information content (AvgIpc) is 3.17. The molecule has 162 valence electrons. The fourth-order valence-corrected chi connectivity index (χ4v) is 5.34. The van der Waals surface area contributed by atoms with Crippen LogP contribution < -0.4 is 15.6 Å². The predicted molar refractivity (Wildman–Crippen MR) is 119 cm³/mol. The molecule has 0 saturated carbocycles. The highest BCUT2D eigenvalue weighted by Crippen LogP contribution is 2.23. The number of likely N-dealkylation sites (tertiary alicyclic amines) is 1. The van der Waals surface area contributed by atoms with Gasteiger partial charge < -0.3 is 4.90 Å². The molecule has 1 amide bonds. The zero-order chi connectivity index (χ0) is 21.6. The molecule has 1 saturated heterocycles. The Morgan fingerprint density at radius 2 is 1.87 bits per heavy atom. The lowest BCUT2D eigenvalue weighted by Crippen LogP contribution is -2.35. The number of sulfonamides is 1. The summed E-state index contributed by atoms with van der Waals surface area (Å²) in [5.41, 5.74) is 3.95. The van der Waals surface area contributed by atoms with Crippen molar-refractivity contribution in [2.45, 2.75) is 38.8 Å². The van der Waals surface area contributed by atoms with E-state index in [0.717, 1.165) is 18.7 Å². The van der Waals surface area contributed by atoms with Crippen LogP contribution in [0.5, 0.6) is 0 Å². The first-order valence-electron chi connectivity index (χ1n) is 10.3. The van der Waals surface area contributed by atoms with E-state index in [0.29, 0.717) is 23.7 Å². The number of nitrogen functional groups attached to an aromatic ring is 1. The summed E-state index contributed by atoms with van der Waals surface area (Å²) < 4.78 is 27.9. The molecule has 1 aliphatic rings. The van der Waals surface area contributed by atoms with Gasteiger partial charge in [-0.25, -0.2) is 14.3 Å². The first-order chi connectivity index (χ1) is 14.4. The van der Waals surface area contributed by atoms with Crippen LogP contribution in [-0.2, 0) is 16.6 Å². The van der Waals surface area contributed by atoms with Crippen LogP contribution >= 0.6 is 0 Å². The third-order valence-corrected chi connectivity index (χ3v) is 7.41. The summed E-state index contributed by atoms with van der Waals surface area (Å²) in [7, 11) is -3.51. The topological polar surface area (TPSA) is 95.7 Å². The van der Waals surface area contributed by atoms with Gasteiger partial charge in [0.1, 0.15) is 0 Å². The Bertz CT molecular complexity index is 933. The van der Waals surface area contributed by atoms with Crippen molar-refractivity contribution in [1.29, 1.82) is 0 Å². The van der Waals surface area contributed by atoms with Crippen LogP contribution in [-0.4, -0.2) is 44.1 Å². The maximum Gasteiger partial charge on any atom is 0.265 e. The molecule has 0 radical (unpaired) electrons. The van der Waals surface area contributed by atoms with Crippen molar-refractivity contribution in [2.24, 2.45) is 5.84 Å². The largest absolute Gasteiger partial charge is 0.301 e. The molecule has 0 bridgehead atoms. The molecule has 1 heterocycles. The van der Waals surface area contributed by atoms with Gasteiger partial charge in [-0.05, 0) is 69.1 Å². The molecule has 0 aromatic heterocycles. The van der Waals surface area contributed by atoms with E-state index in [2.05, 4.69) is 17.2 Å². The molecule has 7 nitrogen and oxygen atoms in total. The van der Waals surface area contributed by atoms with Crippen LogP contribution in [0, 0.1) is 0 Å². The van der Waals surface area contributed by atoms with E-state index in [1.54, 1.807) is 36.4 Å². The summed E-state index contributed by atoms with van der Waals surface area (Å²) in [5.74, 6) is 4.88. The fraction of sp³-hybridized carbons (Fsp3) is 0.409. The number of nitrogens with two attached hydrogens (primary N) is 1. The maximum absolute atomic E-state index is 13.2. The molecule has 1 aliphatic heterocycles. The van der Waals surface area contributed by atoms with Gasteiger partial charge >= 0.3 is 0 Å². The van der Waals surface area contributed by atoms with Gasteiger partial charge in [-0.2, -0.15) is 0 Å². The predicted octanol–water partition coefficient (Wildman–Crippen LogP) is 2.50. The van der Waals surface area contributed by atoms with Crippen molar-refractivity contribution in [2.75, 3.05) is 23.1 Å². The number of hydrogen-bond acceptors (Lipinski definition) is 5. The average molecular weight is 431 g/mol. The molecular formula is C22H30N4O3S. The van der Waals surface area contributed by atoms with Crippen molar-refractivity contribution in [3.63, 3.8) is 0 Å². The fourth-order valence-electron chi connectivity index (χ4n) is 3.84. The summed E-state index contributed by atoms with van der Waals surface area (Å²) in [6.45, 7) is 4.25. The molecule has 2 aromatic carbocycles. The lowest BCUT2D eigenvalue weighted by molar-refractivity contribution is 0.0953. The third kappa shape index (κ3) is 5.59. The van der Waals surface area contributed by atoms with Crippen LogP contribution in [0.25, 0.3) is 0 Å². The lowest BCUT2D eigenvalue weighted by Gasteiger charge is -2.26. The number of nitrogens with zero attached hydrogens (tertiary/aromatic N) is 2. The molecule has 1 atom stereocenters. The number of para-hydroxylation sites is 1. The van der Waals surface area contributed by atoms with Gasteiger partial charge in [-0.3, -0.25) is 14.5 Å². The maximum atomic E-state index is 13.2. The number of carbonyl (C=O) groups excluding carboxylic acids is 1. The minimum absolute atomic E-state index is 0.0960. The molecule has 1 fully saturated rings. The first kappa shape index (κ1) is 22.3. The molecule has 8 heteroatoms. The van der Waals surface area contributed by atoms with Crippen molar-refractivity contribution in [3.05, 3.63) is 65.7 Å². The summed E-state index contributed by atoms with van der Waals surface area (Å²) in [6.07, 6.45) is 2.97. The Morgan fingerprint density at radius 1 is 1.17 bits per heavy atom. The molecule has 30 heavy (non-hydrogen) atoms. The Kier molecular flexibility index (Phi) is 7.47. The number of hydrazine groups is 1. The van der Waals surface area contributed by atoms with Gasteiger partial charge in [0.15, 0.2) is 0 Å².